The second-order valence-corrected chi connectivity index (χ2v) is 6.66. The minimum Gasteiger partial charge on any atom is -0.351 e. The predicted molar refractivity (Wildman–Crippen MR) is 86.5 cm³/mol. The summed E-state index contributed by atoms with van der Waals surface area (Å²) in [7, 11) is 0. The molecule has 114 valence electrons. The molecule has 0 bridgehead atoms. The van der Waals surface area contributed by atoms with Gasteiger partial charge in [0.2, 0.25) is 5.91 Å². The quantitative estimate of drug-likeness (QED) is 0.847. The lowest BCUT2D eigenvalue weighted by atomic mass is 10.2. The lowest BCUT2D eigenvalue weighted by Gasteiger charge is -2.20. The van der Waals surface area contributed by atoms with E-state index in [1.807, 2.05) is 17.8 Å². The number of carbonyl (C=O) groups is 2. The number of amides is 2. The van der Waals surface area contributed by atoms with Crippen molar-refractivity contribution in [3.63, 3.8) is 0 Å². The molecular weight excluding hydrogens is 284 g/mol. The molecule has 2 rings (SSSR count). The van der Waals surface area contributed by atoms with Gasteiger partial charge in [-0.05, 0) is 30.7 Å². The average molecular weight is 306 g/mol. The van der Waals surface area contributed by atoms with Gasteiger partial charge in [-0.2, -0.15) is 11.8 Å². The maximum Gasteiger partial charge on any atom is 0.251 e. The maximum atomic E-state index is 11.9. The lowest BCUT2D eigenvalue weighted by molar-refractivity contribution is -0.120. The summed E-state index contributed by atoms with van der Waals surface area (Å²) in [6.07, 6.45) is 3.37. The molecule has 1 aromatic rings. The van der Waals surface area contributed by atoms with Crippen LogP contribution in [0.4, 0.5) is 0 Å². The second-order valence-electron chi connectivity index (χ2n) is 5.15. The molecule has 1 aromatic carbocycles. The SMILES string of the molecule is CCS[C@@H]1CCC[C@@H]1NC(=O)CNC(=O)c1ccccc1. The van der Waals surface area contributed by atoms with Gasteiger partial charge in [0.25, 0.3) is 5.91 Å². The number of carbonyl (C=O) groups excluding carboxylic acids is 2. The molecule has 1 fully saturated rings. The first-order valence-corrected chi connectivity index (χ1v) is 8.49. The minimum atomic E-state index is -0.211. The van der Waals surface area contributed by atoms with Gasteiger partial charge in [0, 0.05) is 16.9 Å². The fourth-order valence-corrected chi connectivity index (χ4v) is 3.81. The number of nitrogens with one attached hydrogen (secondary N) is 2. The Balaban J connectivity index is 1.76. The molecule has 2 atom stereocenters. The van der Waals surface area contributed by atoms with Gasteiger partial charge in [-0.15, -0.1) is 0 Å². The third kappa shape index (κ3) is 4.77. The van der Waals surface area contributed by atoms with Gasteiger partial charge in [-0.25, -0.2) is 0 Å². The smallest absolute Gasteiger partial charge is 0.251 e. The minimum absolute atomic E-state index is 0.0355. The van der Waals surface area contributed by atoms with E-state index in [-0.39, 0.29) is 24.4 Å². The Morgan fingerprint density at radius 1 is 1.24 bits per heavy atom. The first-order valence-electron chi connectivity index (χ1n) is 7.45. The van der Waals surface area contributed by atoms with Gasteiger partial charge in [0.05, 0.1) is 6.54 Å². The van der Waals surface area contributed by atoms with Crippen LogP contribution in [0.1, 0.15) is 36.5 Å². The molecule has 5 heteroatoms. The van der Waals surface area contributed by atoms with E-state index >= 15 is 0 Å². The average Bonchev–Trinajstić information content (AvgIpc) is 2.93. The van der Waals surface area contributed by atoms with Crippen molar-refractivity contribution >= 4 is 23.6 Å². The molecule has 0 spiro atoms. The van der Waals surface area contributed by atoms with Gasteiger partial charge < -0.3 is 10.6 Å². The molecule has 4 nitrogen and oxygen atoms in total. The molecule has 0 heterocycles. The van der Waals surface area contributed by atoms with E-state index in [1.165, 1.54) is 12.8 Å². The summed E-state index contributed by atoms with van der Waals surface area (Å²) in [5.74, 6) is 0.756. The van der Waals surface area contributed by atoms with E-state index in [0.29, 0.717) is 10.8 Å². The number of thioether (sulfide) groups is 1. The summed E-state index contributed by atoms with van der Waals surface area (Å²) in [5.41, 5.74) is 0.575. The fraction of sp³-hybridized carbons (Fsp3) is 0.500. The van der Waals surface area contributed by atoms with E-state index in [2.05, 4.69) is 17.6 Å². The number of benzene rings is 1. The van der Waals surface area contributed by atoms with Crippen molar-refractivity contribution in [3.05, 3.63) is 35.9 Å². The third-order valence-electron chi connectivity index (χ3n) is 3.63. The summed E-state index contributed by atoms with van der Waals surface area (Å²) in [5, 5.41) is 6.23. The van der Waals surface area contributed by atoms with Crippen LogP contribution in [0.25, 0.3) is 0 Å². The topological polar surface area (TPSA) is 58.2 Å². The summed E-state index contributed by atoms with van der Waals surface area (Å²) < 4.78 is 0. The summed E-state index contributed by atoms with van der Waals surface area (Å²) in [6.45, 7) is 2.18. The first kappa shape index (κ1) is 15.9. The number of rotatable bonds is 6. The van der Waals surface area contributed by atoms with Crippen molar-refractivity contribution < 1.29 is 9.59 Å². The van der Waals surface area contributed by atoms with Gasteiger partial charge >= 0.3 is 0 Å². The number of hydrogen-bond donors (Lipinski definition) is 2. The molecule has 0 aliphatic heterocycles. The summed E-state index contributed by atoms with van der Waals surface area (Å²) in [6, 6.07) is 9.18. The van der Waals surface area contributed by atoms with Crippen molar-refractivity contribution in [3.8, 4) is 0 Å². The van der Waals surface area contributed by atoms with Crippen molar-refractivity contribution in [2.45, 2.75) is 37.5 Å². The highest BCUT2D eigenvalue weighted by molar-refractivity contribution is 7.99. The first-order chi connectivity index (χ1) is 10.2. The summed E-state index contributed by atoms with van der Waals surface area (Å²) >= 11 is 1.91. The zero-order valence-corrected chi connectivity index (χ0v) is 13.1. The van der Waals surface area contributed by atoms with E-state index in [9.17, 15) is 9.59 Å². The third-order valence-corrected chi connectivity index (χ3v) is 4.95. The van der Waals surface area contributed by atoms with Crippen LogP contribution in [-0.4, -0.2) is 35.4 Å². The van der Waals surface area contributed by atoms with E-state index in [4.69, 9.17) is 0 Å². The lowest BCUT2D eigenvalue weighted by Crippen LogP contribution is -2.44. The van der Waals surface area contributed by atoms with Crippen molar-refractivity contribution in [2.75, 3.05) is 12.3 Å². The van der Waals surface area contributed by atoms with Crippen LogP contribution in [0.15, 0.2) is 30.3 Å². The molecule has 0 saturated heterocycles. The highest BCUT2D eigenvalue weighted by Crippen LogP contribution is 2.29. The van der Waals surface area contributed by atoms with Crippen LogP contribution in [0.3, 0.4) is 0 Å². The molecule has 1 aliphatic carbocycles. The van der Waals surface area contributed by atoms with Crippen LogP contribution < -0.4 is 10.6 Å². The summed E-state index contributed by atoms with van der Waals surface area (Å²) in [4.78, 5) is 23.8. The number of hydrogen-bond acceptors (Lipinski definition) is 3. The highest BCUT2D eigenvalue weighted by Gasteiger charge is 2.28. The van der Waals surface area contributed by atoms with Crippen LogP contribution in [0, 0.1) is 0 Å². The highest BCUT2D eigenvalue weighted by atomic mass is 32.2. The van der Waals surface area contributed by atoms with Crippen LogP contribution in [-0.2, 0) is 4.79 Å². The van der Waals surface area contributed by atoms with E-state index < -0.39 is 0 Å². The van der Waals surface area contributed by atoms with Gasteiger partial charge in [0.15, 0.2) is 0 Å². The second kappa shape index (κ2) is 8.08. The molecule has 21 heavy (non-hydrogen) atoms. The zero-order chi connectivity index (χ0) is 15.1. The van der Waals surface area contributed by atoms with Crippen LogP contribution in [0.2, 0.25) is 0 Å². The Kier molecular flexibility index (Phi) is 6.11. The molecule has 0 unspecified atom stereocenters. The molecule has 0 aromatic heterocycles. The Labute approximate surface area is 130 Å². The van der Waals surface area contributed by atoms with Crippen molar-refractivity contribution in [2.24, 2.45) is 0 Å². The maximum absolute atomic E-state index is 11.9. The zero-order valence-electron chi connectivity index (χ0n) is 12.3. The van der Waals surface area contributed by atoms with E-state index in [1.54, 1.807) is 24.3 Å². The van der Waals surface area contributed by atoms with Crippen molar-refractivity contribution in [1.82, 2.24) is 10.6 Å². The fourth-order valence-electron chi connectivity index (χ4n) is 2.61. The van der Waals surface area contributed by atoms with Crippen molar-refractivity contribution in [1.29, 1.82) is 0 Å². The Morgan fingerprint density at radius 2 is 2.00 bits per heavy atom. The van der Waals surface area contributed by atoms with Gasteiger partial charge in [0.1, 0.15) is 0 Å². The van der Waals surface area contributed by atoms with Gasteiger partial charge in [-0.3, -0.25) is 9.59 Å². The Bertz CT molecular complexity index is 478. The van der Waals surface area contributed by atoms with Crippen LogP contribution >= 0.6 is 11.8 Å². The molecular formula is C16H22N2O2S. The Hall–Kier alpha value is -1.49. The molecule has 0 radical (unpaired) electrons. The molecule has 2 N–H and O–H groups in total. The molecule has 2 amide bonds. The normalized spacial score (nSPS) is 21.0. The predicted octanol–water partition coefficient (Wildman–Crippen LogP) is 2.21. The van der Waals surface area contributed by atoms with Crippen LogP contribution in [0.5, 0.6) is 0 Å². The molecule has 1 aliphatic rings. The monoisotopic (exact) mass is 306 g/mol. The molecule has 1 saturated carbocycles. The Morgan fingerprint density at radius 3 is 2.71 bits per heavy atom. The van der Waals surface area contributed by atoms with Gasteiger partial charge in [-0.1, -0.05) is 31.5 Å². The largest absolute Gasteiger partial charge is 0.351 e. The van der Waals surface area contributed by atoms with E-state index in [0.717, 1.165) is 12.2 Å². The standard InChI is InChI=1S/C16H22N2O2S/c1-2-21-14-10-6-9-13(14)18-15(19)11-17-16(20)12-7-4-3-5-8-12/h3-5,7-8,13-14H,2,6,9-11H2,1H3,(H,17,20)(H,18,19)/t13-,14+/m0/s1.